The van der Waals surface area contributed by atoms with Crippen LogP contribution in [0.3, 0.4) is 0 Å². The van der Waals surface area contributed by atoms with Gasteiger partial charge in [-0.1, -0.05) is 28.1 Å². The Bertz CT molecular complexity index is 675. The molecule has 0 saturated carbocycles. The number of fused-ring (bicyclic) bond motifs is 1. The van der Waals surface area contributed by atoms with Crippen molar-refractivity contribution < 1.29 is 19.0 Å². The van der Waals surface area contributed by atoms with E-state index in [4.69, 9.17) is 9.47 Å². The van der Waals surface area contributed by atoms with Gasteiger partial charge in [0.25, 0.3) is 0 Å². The molecule has 3 nitrogen and oxygen atoms in total. The van der Waals surface area contributed by atoms with E-state index in [-0.39, 0.29) is 11.9 Å². The topological polar surface area (TPSA) is 38.7 Å². The number of ether oxygens (including phenoxy) is 2. The molecule has 0 fully saturated rings. The van der Waals surface area contributed by atoms with Gasteiger partial charge < -0.3 is 14.6 Å². The van der Waals surface area contributed by atoms with Crippen LogP contribution in [0.4, 0.5) is 4.39 Å². The lowest BCUT2D eigenvalue weighted by Gasteiger charge is -2.30. The molecule has 1 N–H and O–H groups in total. The molecule has 2 atom stereocenters. The smallest absolute Gasteiger partial charge is 0.165 e. The largest absolute Gasteiger partial charge is 0.494 e. The van der Waals surface area contributed by atoms with Crippen LogP contribution in [-0.2, 0) is 0 Å². The molecule has 0 spiro atoms. The van der Waals surface area contributed by atoms with Crippen LogP contribution in [0.1, 0.15) is 29.8 Å². The third-order valence-electron chi connectivity index (χ3n) is 3.59. The van der Waals surface area contributed by atoms with Crippen LogP contribution < -0.4 is 9.47 Å². The highest BCUT2D eigenvalue weighted by atomic mass is 79.9. The van der Waals surface area contributed by atoms with Crippen LogP contribution in [0.15, 0.2) is 40.9 Å². The molecule has 0 aliphatic carbocycles. The van der Waals surface area contributed by atoms with Crippen molar-refractivity contribution in [3.8, 4) is 11.5 Å². The fraction of sp³-hybridized carbons (Fsp3) is 0.250. The normalized spacial score (nSPS) is 20.6. The zero-order valence-electron chi connectivity index (χ0n) is 11.3. The number of rotatable bonds is 2. The minimum Gasteiger partial charge on any atom is -0.494 e. The van der Waals surface area contributed by atoms with Gasteiger partial charge >= 0.3 is 0 Å². The molecular weight excluding hydrogens is 339 g/mol. The minimum atomic E-state index is -0.628. The monoisotopic (exact) mass is 352 g/mol. The average molecular weight is 353 g/mol. The van der Waals surface area contributed by atoms with Gasteiger partial charge in [-0.3, -0.25) is 0 Å². The zero-order chi connectivity index (χ0) is 15.0. The Morgan fingerprint density at radius 3 is 2.81 bits per heavy atom. The van der Waals surface area contributed by atoms with Gasteiger partial charge in [0.2, 0.25) is 0 Å². The van der Waals surface area contributed by atoms with Crippen LogP contribution in [-0.4, -0.2) is 12.2 Å². The molecule has 2 unspecified atom stereocenters. The molecule has 2 aromatic carbocycles. The van der Waals surface area contributed by atoms with Gasteiger partial charge in [-0.15, -0.1) is 0 Å². The number of aliphatic hydroxyl groups is 1. The summed E-state index contributed by atoms with van der Waals surface area (Å²) in [6, 6.07) is 10.2. The second kappa shape index (κ2) is 5.66. The van der Waals surface area contributed by atoms with Gasteiger partial charge in [-0.2, -0.15) is 0 Å². The summed E-state index contributed by atoms with van der Waals surface area (Å²) in [4.78, 5) is 0. The summed E-state index contributed by atoms with van der Waals surface area (Å²) in [6.07, 6.45) is -0.625. The van der Waals surface area contributed by atoms with E-state index < -0.39 is 11.9 Å². The van der Waals surface area contributed by atoms with Crippen LogP contribution in [0, 0.1) is 5.82 Å². The second-order valence-corrected chi connectivity index (χ2v) is 5.85. The van der Waals surface area contributed by atoms with E-state index in [0.29, 0.717) is 17.7 Å². The molecule has 1 aliphatic rings. The summed E-state index contributed by atoms with van der Waals surface area (Å²) in [5.41, 5.74) is 1.43. The highest BCUT2D eigenvalue weighted by Crippen LogP contribution is 2.42. The highest BCUT2D eigenvalue weighted by molar-refractivity contribution is 9.10. The molecular formula is C16H14BrFO3. The van der Waals surface area contributed by atoms with E-state index in [9.17, 15) is 9.50 Å². The molecule has 1 heterocycles. The second-order valence-electron chi connectivity index (χ2n) is 4.93. The quantitative estimate of drug-likeness (QED) is 0.882. The lowest BCUT2D eigenvalue weighted by Crippen LogP contribution is -2.19. The molecule has 0 bridgehead atoms. The fourth-order valence-corrected chi connectivity index (χ4v) is 2.84. The number of benzene rings is 2. The van der Waals surface area contributed by atoms with E-state index in [1.54, 1.807) is 12.1 Å². The SMILES string of the molecule is COc1ccc(C2CC(O)c3ccc(Br)cc3O2)cc1F. The minimum absolute atomic E-state index is 0.193. The van der Waals surface area contributed by atoms with Crippen LogP contribution >= 0.6 is 15.9 Å². The van der Waals surface area contributed by atoms with Crippen molar-refractivity contribution in [1.29, 1.82) is 0 Å². The molecule has 0 radical (unpaired) electrons. The zero-order valence-corrected chi connectivity index (χ0v) is 12.9. The Morgan fingerprint density at radius 2 is 2.10 bits per heavy atom. The Labute approximate surface area is 130 Å². The summed E-state index contributed by atoms with van der Waals surface area (Å²) >= 11 is 3.38. The summed E-state index contributed by atoms with van der Waals surface area (Å²) in [5.74, 6) is 0.371. The Hall–Kier alpha value is -1.59. The maximum absolute atomic E-state index is 13.8. The first-order chi connectivity index (χ1) is 10.1. The first kappa shape index (κ1) is 14.4. The number of hydrogen-bond donors (Lipinski definition) is 1. The third-order valence-corrected chi connectivity index (χ3v) is 4.08. The maximum Gasteiger partial charge on any atom is 0.165 e. The number of halogens is 2. The van der Waals surface area contributed by atoms with Gasteiger partial charge in [0.05, 0.1) is 13.2 Å². The number of methoxy groups -OCH3 is 1. The van der Waals surface area contributed by atoms with Gasteiger partial charge in [-0.25, -0.2) is 4.39 Å². The lowest BCUT2D eigenvalue weighted by molar-refractivity contribution is 0.0655. The molecule has 0 amide bonds. The van der Waals surface area contributed by atoms with Gasteiger partial charge in [0.15, 0.2) is 11.6 Å². The summed E-state index contributed by atoms with van der Waals surface area (Å²) in [5, 5.41) is 10.2. The van der Waals surface area contributed by atoms with E-state index >= 15 is 0 Å². The fourth-order valence-electron chi connectivity index (χ4n) is 2.50. The van der Waals surface area contributed by atoms with Crippen LogP contribution in [0.2, 0.25) is 0 Å². The predicted molar refractivity (Wildman–Crippen MR) is 80.0 cm³/mol. The number of aliphatic hydroxyl groups excluding tert-OH is 1. The molecule has 5 heteroatoms. The summed E-state index contributed by atoms with van der Waals surface area (Å²) in [7, 11) is 1.42. The molecule has 110 valence electrons. The maximum atomic E-state index is 13.8. The molecule has 2 aromatic rings. The van der Waals surface area contributed by atoms with E-state index in [1.807, 2.05) is 18.2 Å². The van der Waals surface area contributed by atoms with Crippen LogP contribution in [0.25, 0.3) is 0 Å². The Kier molecular flexibility index (Phi) is 3.87. The molecule has 21 heavy (non-hydrogen) atoms. The standard InChI is InChI=1S/C16H14BrFO3/c1-20-14-5-2-9(6-12(14)18)15-8-13(19)11-4-3-10(17)7-16(11)21-15/h2-7,13,15,19H,8H2,1H3. The van der Waals surface area contributed by atoms with E-state index in [0.717, 1.165) is 10.0 Å². The molecule has 1 aliphatic heterocycles. The highest BCUT2D eigenvalue weighted by Gasteiger charge is 2.28. The van der Waals surface area contributed by atoms with E-state index in [2.05, 4.69) is 15.9 Å². The average Bonchev–Trinajstić information content (AvgIpc) is 2.46. The van der Waals surface area contributed by atoms with Crippen molar-refractivity contribution in [3.63, 3.8) is 0 Å². The molecule has 0 saturated heterocycles. The first-order valence-corrected chi connectivity index (χ1v) is 7.35. The van der Waals surface area contributed by atoms with Gasteiger partial charge in [0, 0.05) is 16.5 Å². The van der Waals surface area contributed by atoms with Crippen molar-refractivity contribution in [2.24, 2.45) is 0 Å². The van der Waals surface area contributed by atoms with Crippen molar-refractivity contribution >= 4 is 15.9 Å². The van der Waals surface area contributed by atoms with Crippen molar-refractivity contribution in [2.45, 2.75) is 18.6 Å². The summed E-state index contributed by atoms with van der Waals surface area (Å²) in [6.45, 7) is 0. The molecule has 0 aromatic heterocycles. The Morgan fingerprint density at radius 1 is 1.29 bits per heavy atom. The van der Waals surface area contributed by atoms with E-state index in [1.165, 1.54) is 13.2 Å². The predicted octanol–water partition coefficient (Wildman–Crippen LogP) is 4.15. The first-order valence-electron chi connectivity index (χ1n) is 6.56. The van der Waals surface area contributed by atoms with Crippen molar-refractivity contribution in [2.75, 3.05) is 7.11 Å². The molecule has 3 rings (SSSR count). The van der Waals surface area contributed by atoms with Gasteiger partial charge in [-0.05, 0) is 29.8 Å². The van der Waals surface area contributed by atoms with Crippen LogP contribution in [0.5, 0.6) is 11.5 Å². The van der Waals surface area contributed by atoms with Crippen molar-refractivity contribution in [1.82, 2.24) is 0 Å². The lowest BCUT2D eigenvalue weighted by atomic mass is 9.95. The summed E-state index contributed by atoms with van der Waals surface area (Å²) < 4.78 is 25.5. The Balaban J connectivity index is 1.93. The van der Waals surface area contributed by atoms with Gasteiger partial charge in [0.1, 0.15) is 11.9 Å². The third kappa shape index (κ3) is 2.76. The number of hydrogen-bond acceptors (Lipinski definition) is 3. The van der Waals surface area contributed by atoms with Crippen molar-refractivity contribution in [3.05, 3.63) is 57.8 Å².